The van der Waals surface area contributed by atoms with E-state index in [2.05, 4.69) is 5.32 Å². The van der Waals surface area contributed by atoms with Crippen molar-refractivity contribution in [3.8, 4) is 0 Å². The predicted octanol–water partition coefficient (Wildman–Crippen LogP) is 2.22. The molecule has 2 rings (SSSR count). The molecule has 1 aliphatic heterocycles. The number of anilines is 1. The first-order valence-electron chi connectivity index (χ1n) is 8.11. The zero-order chi connectivity index (χ0) is 18.6. The first kappa shape index (κ1) is 19.3. The van der Waals surface area contributed by atoms with E-state index in [1.54, 1.807) is 16.7 Å². The molecular weight excluding hydrogens is 340 g/mol. The summed E-state index contributed by atoms with van der Waals surface area (Å²) in [5.41, 5.74) is 0.393. The van der Waals surface area contributed by atoms with Gasteiger partial charge in [-0.1, -0.05) is 6.07 Å². The Morgan fingerprint density at radius 3 is 2.72 bits per heavy atom. The topological polar surface area (TPSA) is 75.7 Å². The molecule has 0 saturated carbocycles. The van der Waals surface area contributed by atoms with Gasteiger partial charge in [0.1, 0.15) is 0 Å². The molecule has 1 aromatic carbocycles. The minimum Gasteiger partial charge on any atom is -0.455 e. The van der Waals surface area contributed by atoms with E-state index >= 15 is 0 Å². The van der Waals surface area contributed by atoms with Gasteiger partial charge in [-0.3, -0.25) is 14.4 Å². The molecule has 1 aliphatic rings. The summed E-state index contributed by atoms with van der Waals surface area (Å²) in [5.74, 6) is -1.53. The van der Waals surface area contributed by atoms with E-state index in [4.69, 9.17) is 4.74 Å². The Bertz CT molecular complexity index is 669. The molecule has 0 radical (unpaired) electrons. The monoisotopic (exact) mass is 364 g/mol. The summed E-state index contributed by atoms with van der Waals surface area (Å²) in [5, 5.41) is 2.73. The Morgan fingerprint density at radius 2 is 2.08 bits per heavy atom. The van der Waals surface area contributed by atoms with Crippen LogP contribution in [0.3, 0.4) is 0 Å². The lowest BCUT2D eigenvalue weighted by Crippen LogP contribution is -2.43. The van der Waals surface area contributed by atoms with E-state index in [9.17, 15) is 14.4 Å². The summed E-state index contributed by atoms with van der Waals surface area (Å²) in [7, 11) is 0. The fourth-order valence-electron chi connectivity index (χ4n) is 2.60. The molecule has 1 N–H and O–H groups in total. The van der Waals surface area contributed by atoms with Crippen LogP contribution in [0.2, 0.25) is 0 Å². The standard InChI is InChI=1S/C18H24N2O4S/c1-18(2,3)19-15(21)11-24-17(23)12-8-16(22)20(10-12)13-6-5-7-14(9-13)25-4/h5-7,9,12H,8,10-11H2,1-4H3,(H,19,21)/t12-/m0/s1. The molecule has 1 heterocycles. The maximum atomic E-state index is 12.2. The van der Waals surface area contributed by atoms with Crippen LogP contribution in [0.15, 0.2) is 29.2 Å². The highest BCUT2D eigenvalue weighted by molar-refractivity contribution is 7.98. The number of amides is 2. The average molecular weight is 364 g/mol. The second-order valence-corrected chi connectivity index (χ2v) is 7.89. The Kier molecular flexibility index (Phi) is 6.11. The Hall–Kier alpha value is -2.02. The molecule has 25 heavy (non-hydrogen) atoms. The minimum absolute atomic E-state index is 0.100. The van der Waals surface area contributed by atoms with Gasteiger partial charge in [0, 0.05) is 29.1 Å². The highest BCUT2D eigenvalue weighted by Crippen LogP contribution is 2.28. The fraction of sp³-hybridized carbons (Fsp3) is 0.500. The van der Waals surface area contributed by atoms with E-state index < -0.39 is 11.9 Å². The highest BCUT2D eigenvalue weighted by atomic mass is 32.2. The molecule has 0 aliphatic carbocycles. The Balaban J connectivity index is 1.93. The van der Waals surface area contributed by atoms with Gasteiger partial charge in [0.25, 0.3) is 5.91 Å². The van der Waals surface area contributed by atoms with Crippen LogP contribution in [-0.4, -0.2) is 42.7 Å². The normalized spacial score (nSPS) is 17.5. The van der Waals surface area contributed by atoms with Crippen LogP contribution in [0.1, 0.15) is 27.2 Å². The second-order valence-electron chi connectivity index (χ2n) is 7.01. The van der Waals surface area contributed by atoms with Crippen molar-refractivity contribution in [2.45, 2.75) is 37.6 Å². The van der Waals surface area contributed by atoms with Crippen molar-refractivity contribution in [1.29, 1.82) is 0 Å². The first-order valence-corrected chi connectivity index (χ1v) is 9.34. The van der Waals surface area contributed by atoms with Crippen molar-refractivity contribution in [2.24, 2.45) is 5.92 Å². The maximum Gasteiger partial charge on any atom is 0.311 e. The summed E-state index contributed by atoms with van der Waals surface area (Å²) in [6.07, 6.45) is 2.07. The van der Waals surface area contributed by atoms with E-state index in [0.717, 1.165) is 10.6 Å². The molecule has 136 valence electrons. The lowest BCUT2D eigenvalue weighted by atomic mass is 10.1. The van der Waals surface area contributed by atoms with E-state index in [0.29, 0.717) is 0 Å². The van der Waals surface area contributed by atoms with E-state index in [1.807, 2.05) is 51.3 Å². The summed E-state index contributed by atoms with van der Waals surface area (Å²) in [4.78, 5) is 38.8. The number of hydrogen-bond acceptors (Lipinski definition) is 5. The third-order valence-corrected chi connectivity index (χ3v) is 4.41. The molecule has 0 bridgehead atoms. The second kappa shape index (κ2) is 7.91. The van der Waals surface area contributed by atoms with Crippen LogP contribution in [0.4, 0.5) is 5.69 Å². The molecule has 0 unspecified atom stereocenters. The van der Waals surface area contributed by atoms with Gasteiger partial charge in [0.05, 0.1) is 5.92 Å². The van der Waals surface area contributed by atoms with Crippen molar-refractivity contribution in [3.05, 3.63) is 24.3 Å². The number of rotatable bonds is 5. The van der Waals surface area contributed by atoms with Crippen LogP contribution < -0.4 is 10.2 Å². The molecule has 6 nitrogen and oxygen atoms in total. The van der Waals surface area contributed by atoms with Gasteiger partial charge in [-0.15, -0.1) is 11.8 Å². The molecule has 0 spiro atoms. The van der Waals surface area contributed by atoms with Crippen molar-refractivity contribution >= 4 is 35.2 Å². The minimum atomic E-state index is -0.548. The number of hydrogen-bond donors (Lipinski definition) is 1. The quantitative estimate of drug-likeness (QED) is 0.640. The van der Waals surface area contributed by atoms with Gasteiger partial charge in [-0.25, -0.2) is 0 Å². The largest absolute Gasteiger partial charge is 0.455 e. The molecule has 7 heteroatoms. The number of esters is 1. The zero-order valence-electron chi connectivity index (χ0n) is 15.0. The smallest absolute Gasteiger partial charge is 0.311 e. The molecule has 1 atom stereocenters. The van der Waals surface area contributed by atoms with Gasteiger partial charge < -0.3 is 15.0 Å². The zero-order valence-corrected chi connectivity index (χ0v) is 15.8. The van der Waals surface area contributed by atoms with Crippen LogP contribution in [0.5, 0.6) is 0 Å². The third-order valence-electron chi connectivity index (χ3n) is 3.68. The molecule has 1 aromatic rings. The summed E-state index contributed by atoms with van der Waals surface area (Å²) < 4.78 is 5.08. The van der Waals surface area contributed by atoms with Gasteiger partial charge in [-0.05, 0) is 45.2 Å². The Labute approximate surface area is 152 Å². The van der Waals surface area contributed by atoms with Crippen LogP contribution in [0.25, 0.3) is 0 Å². The maximum absolute atomic E-state index is 12.2. The molecule has 1 fully saturated rings. The van der Waals surface area contributed by atoms with Crippen molar-refractivity contribution in [3.63, 3.8) is 0 Å². The van der Waals surface area contributed by atoms with Crippen molar-refractivity contribution in [2.75, 3.05) is 24.3 Å². The molecule has 2 amide bonds. The fourth-order valence-corrected chi connectivity index (χ4v) is 3.06. The summed E-state index contributed by atoms with van der Waals surface area (Å²) in [6.45, 7) is 5.49. The number of ether oxygens (including phenoxy) is 1. The van der Waals surface area contributed by atoms with Crippen LogP contribution in [0, 0.1) is 5.92 Å². The lowest BCUT2D eigenvalue weighted by molar-refractivity contribution is -0.152. The number of carbonyl (C=O) groups excluding carboxylic acids is 3. The first-order chi connectivity index (χ1) is 11.7. The van der Waals surface area contributed by atoms with Crippen LogP contribution in [-0.2, 0) is 19.1 Å². The van der Waals surface area contributed by atoms with Gasteiger partial charge in [0.2, 0.25) is 5.91 Å². The number of nitrogens with one attached hydrogen (secondary N) is 1. The summed E-state index contributed by atoms with van der Waals surface area (Å²) >= 11 is 1.59. The number of nitrogens with zero attached hydrogens (tertiary/aromatic N) is 1. The highest BCUT2D eigenvalue weighted by Gasteiger charge is 2.36. The number of benzene rings is 1. The molecular formula is C18H24N2O4S. The Morgan fingerprint density at radius 1 is 1.36 bits per heavy atom. The van der Waals surface area contributed by atoms with Gasteiger partial charge in [-0.2, -0.15) is 0 Å². The summed E-state index contributed by atoms with van der Waals surface area (Å²) in [6, 6.07) is 7.63. The van der Waals surface area contributed by atoms with Gasteiger partial charge >= 0.3 is 5.97 Å². The SMILES string of the molecule is CSc1cccc(N2C[C@@H](C(=O)OCC(=O)NC(C)(C)C)CC2=O)c1. The van der Waals surface area contributed by atoms with Gasteiger partial charge in [0.15, 0.2) is 6.61 Å². The number of carbonyl (C=O) groups is 3. The molecule has 1 saturated heterocycles. The average Bonchev–Trinajstić information content (AvgIpc) is 2.93. The van der Waals surface area contributed by atoms with E-state index in [-0.39, 0.29) is 36.9 Å². The third kappa shape index (κ3) is 5.49. The van der Waals surface area contributed by atoms with Crippen LogP contribution >= 0.6 is 11.8 Å². The van der Waals surface area contributed by atoms with E-state index in [1.165, 1.54) is 0 Å². The predicted molar refractivity (Wildman–Crippen MR) is 97.5 cm³/mol. The number of thioether (sulfide) groups is 1. The van der Waals surface area contributed by atoms with Crippen molar-refractivity contribution in [1.82, 2.24) is 5.32 Å². The molecule has 0 aromatic heterocycles. The lowest BCUT2D eigenvalue weighted by Gasteiger charge is -2.20. The van der Waals surface area contributed by atoms with Crippen molar-refractivity contribution < 1.29 is 19.1 Å².